The molecule has 0 saturated heterocycles. The lowest BCUT2D eigenvalue weighted by Crippen LogP contribution is -2.10. The third-order valence-corrected chi connectivity index (χ3v) is 3.02. The molecule has 0 radical (unpaired) electrons. The fourth-order valence-electron chi connectivity index (χ4n) is 1.36. The average Bonchev–Trinajstić information content (AvgIpc) is 2.63. The van der Waals surface area contributed by atoms with E-state index >= 15 is 0 Å². The summed E-state index contributed by atoms with van der Waals surface area (Å²) in [6.07, 6.45) is -1.43. The van der Waals surface area contributed by atoms with Gasteiger partial charge in [0, 0.05) is 10.3 Å². The third-order valence-electron chi connectivity index (χ3n) is 2.04. The molecule has 3 nitrogen and oxygen atoms in total. The van der Waals surface area contributed by atoms with E-state index in [0.29, 0.717) is 5.56 Å². The Morgan fingerprint density at radius 3 is 2.86 bits per heavy atom. The molecule has 14 heavy (non-hydrogen) atoms. The van der Waals surface area contributed by atoms with E-state index in [1.165, 1.54) is 11.3 Å². The maximum absolute atomic E-state index is 10.6. The second-order valence-corrected chi connectivity index (χ2v) is 3.84. The Balaban J connectivity index is 2.61. The number of aliphatic hydroxyl groups excluding tert-OH is 1. The fraction of sp³-hybridized carbons (Fsp3) is 0.100. The summed E-state index contributed by atoms with van der Waals surface area (Å²) in [7, 11) is 0. The highest BCUT2D eigenvalue weighted by atomic mass is 32.1. The standard InChI is InChI=1S/C10H8O3S/c11-8(10(12)13)7-3-1-2-6-4-5-14-9(6)7/h1-5,8,11H,(H,12,13). The molecule has 1 aromatic carbocycles. The first-order chi connectivity index (χ1) is 6.70. The van der Waals surface area contributed by atoms with Gasteiger partial charge in [-0.1, -0.05) is 18.2 Å². The Morgan fingerprint density at radius 2 is 2.14 bits per heavy atom. The number of carbonyl (C=O) groups is 1. The maximum Gasteiger partial charge on any atom is 0.337 e. The highest BCUT2D eigenvalue weighted by Crippen LogP contribution is 2.28. The molecule has 1 atom stereocenters. The lowest BCUT2D eigenvalue weighted by molar-refractivity contribution is -0.146. The molecule has 1 aromatic heterocycles. The second-order valence-electron chi connectivity index (χ2n) is 2.93. The van der Waals surface area contributed by atoms with Gasteiger partial charge in [0.15, 0.2) is 6.10 Å². The first-order valence-electron chi connectivity index (χ1n) is 4.07. The Hall–Kier alpha value is -1.39. The zero-order valence-corrected chi connectivity index (χ0v) is 7.99. The Morgan fingerprint density at radius 1 is 1.36 bits per heavy atom. The summed E-state index contributed by atoms with van der Waals surface area (Å²) in [5.74, 6) is -1.22. The number of carboxylic acid groups (broad SMARTS) is 1. The number of hydrogen-bond donors (Lipinski definition) is 2. The lowest BCUT2D eigenvalue weighted by atomic mass is 10.1. The van der Waals surface area contributed by atoms with Crippen LogP contribution in [-0.4, -0.2) is 16.2 Å². The minimum absolute atomic E-state index is 0.463. The third kappa shape index (κ3) is 1.38. The predicted octanol–water partition coefficient (Wildman–Crippen LogP) is 2.02. The molecule has 2 rings (SSSR count). The largest absolute Gasteiger partial charge is 0.479 e. The van der Waals surface area contributed by atoms with Crippen LogP contribution >= 0.6 is 11.3 Å². The Bertz CT molecular complexity index is 475. The van der Waals surface area contributed by atoms with Crippen molar-refractivity contribution in [3.05, 3.63) is 35.2 Å². The molecule has 2 aromatic rings. The Labute approximate surface area is 84.2 Å². The number of rotatable bonds is 2. The SMILES string of the molecule is O=C(O)C(O)c1cccc2ccsc12. The van der Waals surface area contributed by atoms with Crippen LogP contribution in [0.25, 0.3) is 10.1 Å². The van der Waals surface area contributed by atoms with E-state index in [0.717, 1.165) is 10.1 Å². The van der Waals surface area contributed by atoms with Crippen molar-refractivity contribution < 1.29 is 15.0 Å². The number of aliphatic carboxylic acids is 1. The number of hydrogen-bond acceptors (Lipinski definition) is 3. The van der Waals surface area contributed by atoms with Gasteiger partial charge in [0.2, 0.25) is 0 Å². The van der Waals surface area contributed by atoms with Gasteiger partial charge in [-0.25, -0.2) is 4.79 Å². The van der Waals surface area contributed by atoms with Crippen LogP contribution in [0.1, 0.15) is 11.7 Å². The van der Waals surface area contributed by atoms with Crippen molar-refractivity contribution in [3.63, 3.8) is 0 Å². The zero-order chi connectivity index (χ0) is 10.1. The van der Waals surface area contributed by atoms with Gasteiger partial charge in [0.1, 0.15) is 0 Å². The summed E-state index contributed by atoms with van der Waals surface area (Å²) >= 11 is 1.44. The number of carboxylic acids is 1. The van der Waals surface area contributed by atoms with Gasteiger partial charge in [0.05, 0.1) is 0 Å². The molecule has 2 N–H and O–H groups in total. The average molecular weight is 208 g/mol. The van der Waals surface area contributed by atoms with E-state index in [-0.39, 0.29) is 0 Å². The second kappa shape index (κ2) is 3.40. The van der Waals surface area contributed by atoms with Crippen LogP contribution in [0.4, 0.5) is 0 Å². The van der Waals surface area contributed by atoms with Crippen LogP contribution in [0.3, 0.4) is 0 Å². The van der Waals surface area contributed by atoms with E-state index in [2.05, 4.69) is 0 Å². The molecule has 4 heteroatoms. The molecule has 0 aliphatic carbocycles. The van der Waals surface area contributed by atoms with Gasteiger partial charge < -0.3 is 10.2 Å². The van der Waals surface area contributed by atoms with Gasteiger partial charge >= 0.3 is 5.97 Å². The van der Waals surface area contributed by atoms with Crippen molar-refractivity contribution >= 4 is 27.4 Å². The van der Waals surface area contributed by atoms with Crippen molar-refractivity contribution in [3.8, 4) is 0 Å². The van der Waals surface area contributed by atoms with E-state index < -0.39 is 12.1 Å². The number of benzene rings is 1. The van der Waals surface area contributed by atoms with Crippen LogP contribution in [0, 0.1) is 0 Å². The van der Waals surface area contributed by atoms with Crippen LogP contribution in [0.15, 0.2) is 29.6 Å². The van der Waals surface area contributed by atoms with Gasteiger partial charge in [-0.05, 0) is 16.8 Å². The molecule has 72 valence electrons. The molecule has 0 spiro atoms. The van der Waals surface area contributed by atoms with E-state index in [1.807, 2.05) is 17.5 Å². The molecule has 1 heterocycles. The highest BCUT2D eigenvalue weighted by Gasteiger charge is 2.18. The fourth-order valence-corrected chi connectivity index (χ4v) is 2.30. The Kier molecular flexibility index (Phi) is 2.23. The molecular weight excluding hydrogens is 200 g/mol. The number of aliphatic hydroxyl groups is 1. The van der Waals surface area contributed by atoms with Crippen LogP contribution in [0.5, 0.6) is 0 Å². The van der Waals surface area contributed by atoms with Crippen molar-refractivity contribution in [1.29, 1.82) is 0 Å². The van der Waals surface area contributed by atoms with Crippen LogP contribution in [0.2, 0.25) is 0 Å². The molecule has 0 saturated carbocycles. The number of thiophene rings is 1. The minimum Gasteiger partial charge on any atom is -0.479 e. The van der Waals surface area contributed by atoms with E-state index in [9.17, 15) is 9.90 Å². The van der Waals surface area contributed by atoms with Gasteiger partial charge in [0.25, 0.3) is 0 Å². The molecule has 0 aliphatic heterocycles. The normalized spacial score (nSPS) is 12.9. The van der Waals surface area contributed by atoms with E-state index in [4.69, 9.17) is 5.11 Å². The molecule has 0 bridgehead atoms. The molecule has 1 unspecified atom stereocenters. The van der Waals surface area contributed by atoms with Crippen molar-refractivity contribution in [2.75, 3.05) is 0 Å². The van der Waals surface area contributed by atoms with Crippen molar-refractivity contribution in [2.45, 2.75) is 6.10 Å². The predicted molar refractivity (Wildman–Crippen MR) is 54.4 cm³/mol. The summed E-state index contributed by atoms with van der Waals surface area (Å²) in [5.41, 5.74) is 0.463. The summed E-state index contributed by atoms with van der Waals surface area (Å²) in [5, 5.41) is 21.0. The monoisotopic (exact) mass is 208 g/mol. The lowest BCUT2D eigenvalue weighted by Gasteiger charge is -2.06. The van der Waals surface area contributed by atoms with Gasteiger partial charge in [-0.15, -0.1) is 11.3 Å². The maximum atomic E-state index is 10.6. The summed E-state index contributed by atoms with van der Waals surface area (Å²) in [6, 6.07) is 7.18. The molecule has 0 amide bonds. The van der Waals surface area contributed by atoms with Gasteiger partial charge in [-0.3, -0.25) is 0 Å². The summed E-state index contributed by atoms with van der Waals surface area (Å²) in [4.78, 5) is 10.6. The van der Waals surface area contributed by atoms with Crippen molar-refractivity contribution in [1.82, 2.24) is 0 Å². The van der Waals surface area contributed by atoms with Crippen LogP contribution < -0.4 is 0 Å². The molecule has 0 aliphatic rings. The minimum atomic E-state index is -1.43. The first kappa shape index (κ1) is 9.18. The van der Waals surface area contributed by atoms with E-state index in [1.54, 1.807) is 12.1 Å². The van der Waals surface area contributed by atoms with Crippen LogP contribution in [-0.2, 0) is 4.79 Å². The van der Waals surface area contributed by atoms with Crippen molar-refractivity contribution in [2.24, 2.45) is 0 Å². The summed E-state index contributed by atoms with van der Waals surface area (Å²) in [6.45, 7) is 0. The first-order valence-corrected chi connectivity index (χ1v) is 4.95. The van der Waals surface area contributed by atoms with Gasteiger partial charge in [-0.2, -0.15) is 0 Å². The quantitative estimate of drug-likeness (QED) is 0.793. The summed E-state index contributed by atoms with van der Waals surface area (Å²) < 4.78 is 0.836. The molecular formula is C10H8O3S. The zero-order valence-electron chi connectivity index (χ0n) is 7.18. The number of fused-ring (bicyclic) bond motifs is 1. The smallest absolute Gasteiger partial charge is 0.337 e. The molecule has 0 fully saturated rings. The highest BCUT2D eigenvalue weighted by molar-refractivity contribution is 7.17. The topological polar surface area (TPSA) is 57.5 Å².